The largest absolute Gasteiger partial charge is 0.491 e. The number of nitrogens with zero attached hydrogens (tertiary/aromatic N) is 2. The van der Waals surface area contributed by atoms with E-state index in [0.717, 1.165) is 38.2 Å². The lowest BCUT2D eigenvalue weighted by Crippen LogP contribution is -2.73. The standard InChI is InChI=1S/C25H39N3O4.ClH/c1-4-5-12-28-23(30)22(17-19(2)3)26-24(31)25(28)10-13-27(14-11-25)18-20-6-8-21(9-7-20)32-16-15-29;/h6-9,19,22,29H,4-5,10-18H2,1-3H3,(H,26,31);1H/t22-;/m0./s1. The number of ether oxygens (including phenoxy) is 1. The maximum Gasteiger partial charge on any atom is 0.246 e. The number of hydrogen-bond acceptors (Lipinski definition) is 5. The van der Waals surface area contributed by atoms with Crippen LogP contribution in [0.1, 0.15) is 58.4 Å². The van der Waals surface area contributed by atoms with Crippen LogP contribution >= 0.6 is 12.4 Å². The predicted octanol–water partition coefficient (Wildman–Crippen LogP) is 2.99. The number of carbonyl (C=O) groups is 2. The van der Waals surface area contributed by atoms with Crippen molar-refractivity contribution in [2.24, 2.45) is 5.92 Å². The second-order valence-electron chi connectivity index (χ2n) is 9.52. The first kappa shape index (κ1) is 27.4. The minimum atomic E-state index is -0.710. The van der Waals surface area contributed by atoms with Gasteiger partial charge in [0.1, 0.15) is 23.9 Å². The Balaban J connectivity index is 0.00000385. The number of aliphatic hydroxyl groups excluding tert-OH is 1. The quantitative estimate of drug-likeness (QED) is 0.537. The SMILES string of the molecule is CCCCN1C(=O)[C@H](CC(C)C)NC(=O)C12CCN(Cc1ccc(OCCO)cc1)CC2.Cl. The molecule has 2 amide bonds. The molecule has 2 aliphatic heterocycles. The number of nitrogens with one attached hydrogen (secondary N) is 1. The molecule has 1 aromatic rings. The number of carbonyl (C=O) groups excluding carboxylic acids is 2. The summed E-state index contributed by atoms with van der Waals surface area (Å²) >= 11 is 0. The van der Waals surface area contributed by atoms with Crippen molar-refractivity contribution in [1.82, 2.24) is 15.1 Å². The number of rotatable bonds is 10. The monoisotopic (exact) mass is 481 g/mol. The fraction of sp³-hybridized carbons (Fsp3) is 0.680. The zero-order valence-electron chi connectivity index (χ0n) is 20.2. The van der Waals surface area contributed by atoms with Gasteiger partial charge in [-0.1, -0.05) is 39.3 Å². The van der Waals surface area contributed by atoms with E-state index in [4.69, 9.17) is 9.84 Å². The average molecular weight is 482 g/mol. The van der Waals surface area contributed by atoms with Crippen LogP contribution in [-0.2, 0) is 16.1 Å². The van der Waals surface area contributed by atoms with Gasteiger partial charge >= 0.3 is 0 Å². The van der Waals surface area contributed by atoms with Crippen LogP contribution in [-0.4, -0.2) is 71.1 Å². The molecule has 1 aromatic carbocycles. The molecule has 2 N–H and O–H groups in total. The summed E-state index contributed by atoms with van der Waals surface area (Å²) in [7, 11) is 0. The Kier molecular flexibility index (Phi) is 10.5. The first-order valence-electron chi connectivity index (χ1n) is 12.1. The van der Waals surface area contributed by atoms with E-state index in [9.17, 15) is 9.59 Å². The topological polar surface area (TPSA) is 82.1 Å². The van der Waals surface area contributed by atoms with Crippen LogP contribution in [0.25, 0.3) is 0 Å². The summed E-state index contributed by atoms with van der Waals surface area (Å²) in [5, 5.41) is 11.9. The zero-order chi connectivity index (χ0) is 23.1. The Bertz CT molecular complexity index is 763. The highest BCUT2D eigenvalue weighted by molar-refractivity contribution is 6.00. The van der Waals surface area contributed by atoms with Gasteiger partial charge in [-0.2, -0.15) is 0 Å². The van der Waals surface area contributed by atoms with E-state index < -0.39 is 11.6 Å². The zero-order valence-corrected chi connectivity index (χ0v) is 21.0. The van der Waals surface area contributed by atoms with E-state index >= 15 is 0 Å². The smallest absolute Gasteiger partial charge is 0.246 e. The summed E-state index contributed by atoms with van der Waals surface area (Å²) in [4.78, 5) is 30.9. The molecule has 0 unspecified atom stereocenters. The lowest BCUT2D eigenvalue weighted by Gasteiger charge is -2.52. The molecule has 2 heterocycles. The number of aliphatic hydroxyl groups is 1. The number of halogens is 1. The molecule has 0 bridgehead atoms. The van der Waals surface area contributed by atoms with Crippen molar-refractivity contribution < 1.29 is 19.4 Å². The maximum absolute atomic E-state index is 13.3. The van der Waals surface area contributed by atoms with Gasteiger partial charge in [0.15, 0.2) is 0 Å². The van der Waals surface area contributed by atoms with Crippen molar-refractivity contribution in [2.75, 3.05) is 32.8 Å². The predicted molar refractivity (Wildman–Crippen MR) is 132 cm³/mol. The fourth-order valence-corrected chi connectivity index (χ4v) is 4.84. The lowest BCUT2D eigenvalue weighted by atomic mass is 9.80. The van der Waals surface area contributed by atoms with Gasteiger partial charge in [-0.05, 0) is 49.3 Å². The van der Waals surface area contributed by atoms with Crippen LogP contribution in [0.3, 0.4) is 0 Å². The molecule has 2 aliphatic rings. The van der Waals surface area contributed by atoms with Crippen LogP contribution in [0.15, 0.2) is 24.3 Å². The maximum atomic E-state index is 13.3. The van der Waals surface area contributed by atoms with Crippen LogP contribution in [0, 0.1) is 5.92 Å². The Hall–Kier alpha value is -1.83. The van der Waals surface area contributed by atoms with Crippen LogP contribution < -0.4 is 10.1 Å². The molecular formula is C25H40ClN3O4. The van der Waals surface area contributed by atoms with Gasteiger partial charge in [0.25, 0.3) is 0 Å². The molecule has 33 heavy (non-hydrogen) atoms. The van der Waals surface area contributed by atoms with Gasteiger partial charge in [0.2, 0.25) is 11.8 Å². The molecule has 0 aromatic heterocycles. The molecule has 2 fully saturated rings. The van der Waals surface area contributed by atoms with Gasteiger partial charge in [0.05, 0.1) is 6.61 Å². The summed E-state index contributed by atoms with van der Waals surface area (Å²) in [6.07, 6.45) is 3.94. The number of hydrogen-bond donors (Lipinski definition) is 2. The number of amides is 2. The third kappa shape index (κ3) is 6.61. The fourth-order valence-electron chi connectivity index (χ4n) is 4.84. The lowest BCUT2D eigenvalue weighted by molar-refractivity contribution is -0.161. The molecule has 2 saturated heterocycles. The van der Waals surface area contributed by atoms with Crippen molar-refractivity contribution in [2.45, 2.75) is 71.0 Å². The number of unbranched alkanes of at least 4 members (excludes halogenated alkanes) is 1. The molecule has 0 radical (unpaired) electrons. The number of likely N-dealkylation sites (tertiary alicyclic amines) is 1. The van der Waals surface area contributed by atoms with Crippen molar-refractivity contribution in [3.8, 4) is 5.75 Å². The summed E-state index contributed by atoms with van der Waals surface area (Å²) < 4.78 is 5.43. The molecule has 0 aliphatic carbocycles. The van der Waals surface area contributed by atoms with Crippen molar-refractivity contribution >= 4 is 24.2 Å². The molecule has 3 rings (SSSR count). The average Bonchev–Trinajstić information content (AvgIpc) is 2.78. The highest BCUT2D eigenvalue weighted by Gasteiger charge is 2.53. The number of piperazine rings is 1. The molecule has 1 atom stereocenters. The van der Waals surface area contributed by atoms with Gasteiger partial charge in [-0.25, -0.2) is 0 Å². The second kappa shape index (κ2) is 12.6. The van der Waals surface area contributed by atoms with E-state index in [0.29, 0.717) is 38.3 Å². The van der Waals surface area contributed by atoms with Gasteiger partial charge in [0, 0.05) is 26.2 Å². The Morgan fingerprint density at radius 1 is 1.18 bits per heavy atom. The molecular weight excluding hydrogens is 442 g/mol. The van der Waals surface area contributed by atoms with Crippen LogP contribution in [0.4, 0.5) is 0 Å². The van der Waals surface area contributed by atoms with Crippen LogP contribution in [0.5, 0.6) is 5.75 Å². The minimum absolute atomic E-state index is 0. The molecule has 7 nitrogen and oxygen atoms in total. The number of piperidine rings is 1. The highest BCUT2D eigenvalue weighted by atomic mass is 35.5. The Morgan fingerprint density at radius 3 is 2.42 bits per heavy atom. The van der Waals surface area contributed by atoms with Crippen molar-refractivity contribution in [3.63, 3.8) is 0 Å². The Labute approximate surface area is 204 Å². The molecule has 186 valence electrons. The second-order valence-corrected chi connectivity index (χ2v) is 9.52. The molecule has 8 heteroatoms. The first-order chi connectivity index (χ1) is 15.4. The normalized spacial score (nSPS) is 20.6. The van der Waals surface area contributed by atoms with E-state index in [1.807, 2.05) is 29.2 Å². The highest BCUT2D eigenvalue weighted by Crippen LogP contribution is 2.34. The summed E-state index contributed by atoms with van der Waals surface area (Å²) in [5.41, 5.74) is 0.472. The van der Waals surface area contributed by atoms with Crippen molar-refractivity contribution in [1.29, 1.82) is 0 Å². The van der Waals surface area contributed by atoms with E-state index in [1.54, 1.807) is 0 Å². The summed E-state index contributed by atoms with van der Waals surface area (Å²) in [5.74, 6) is 1.23. The minimum Gasteiger partial charge on any atom is -0.491 e. The summed E-state index contributed by atoms with van der Waals surface area (Å²) in [6.45, 7) is 9.61. The third-order valence-corrected chi connectivity index (χ3v) is 6.62. The first-order valence-corrected chi connectivity index (χ1v) is 12.1. The van der Waals surface area contributed by atoms with Gasteiger partial charge in [-0.15, -0.1) is 12.4 Å². The van der Waals surface area contributed by atoms with E-state index in [1.165, 1.54) is 5.56 Å². The van der Waals surface area contributed by atoms with E-state index in [-0.39, 0.29) is 30.8 Å². The van der Waals surface area contributed by atoms with Crippen LogP contribution in [0.2, 0.25) is 0 Å². The molecule has 0 saturated carbocycles. The third-order valence-electron chi connectivity index (χ3n) is 6.62. The molecule has 1 spiro atoms. The van der Waals surface area contributed by atoms with Gasteiger partial charge in [-0.3, -0.25) is 14.5 Å². The van der Waals surface area contributed by atoms with Gasteiger partial charge < -0.3 is 20.1 Å². The summed E-state index contributed by atoms with van der Waals surface area (Å²) in [6, 6.07) is 7.53. The van der Waals surface area contributed by atoms with Crippen molar-refractivity contribution in [3.05, 3.63) is 29.8 Å². The number of benzene rings is 1. The Morgan fingerprint density at radius 2 is 1.85 bits per heavy atom. The van der Waals surface area contributed by atoms with E-state index in [2.05, 4.69) is 31.0 Å².